The van der Waals surface area contributed by atoms with Crippen LogP contribution in [0.15, 0.2) is 66.3 Å². The number of allylic oxidation sites excluding steroid dienone is 2. The molecule has 1 aliphatic rings. The van der Waals surface area contributed by atoms with E-state index in [1.807, 2.05) is 30.3 Å². The van der Waals surface area contributed by atoms with Crippen LogP contribution in [-0.2, 0) is 25.6 Å². The summed E-state index contributed by atoms with van der Waals surface area (Å²) in [7, 11) is 0.368. The number of aliphatic hydroxyl groups is 1. The quantitative estimate of drug-likeness (QED) is 0.0672. The van der Waals surface area contributed by atoms with Crippen molar-refractivity contribution in [3.05, 3.63) is 87.5 Å². The lowest BCUT2D eigenvalue weighted by atomic mass is 9.73. The summed E-state index contributed by atoms with van der Waals surface area (Å²) < 4.78 is 22.5. The number of nitro benzene ring substituents is 1. The van der Waals surface area contributed by atoms with E-state index in [0.717, 1.165) is 17.4 Å². The second kappa shape index (κ2) is 15.7. The Labute approximate surface area is 242 Å². The molecule has 10 heteroatoms. The normalized spacial score (nSPS) is 17.8. The SMILES string of the molecule is COc1ccc(COC/C=C(/CO)[C@@H]2CC=C(c3ccccc3[N+](=O)[O-])C(=O)[C@H]2COCOCC[Si](C)(C)C)cc1. The van der Waals surface area contributed by atoms with E-state index < -0.39 is 18.9 Å². The number of para-hydroxylation sites is 1. The van der Waals surface area contributed by atoms with Crippen LogP contribution < -0.4 is 4.74 Å². The van der Waals surface area contributed by atoms with Crippen LogP contribution in [0.2, 0.25) is 25.7 Å². The number of hydrogen-bond acceptors (Lipinski definition) is 8. The van der Waals surface area contributed by atoms with Gasteiger partial charge in [0.25, 0.3) is 5.69 Å². The van der Waals surface area contributed by atoms with Crippen molar-refractivity contribution in [1.29, 1.82) is 0 Å². The fraction of sp³-hybridized carbons (Fsp3) is 0.452. The summed E-state index contributed by atoms with van der Waals surface area (Å²) in [4.78, 5) is 25.0. The molecule has 1 N–H and O–H groups in total. The molecule has 0 aromatic heterocycles. The molecule has 0 saturated heterocycles. The number of carbonyl (C=O) groups is 1. The van der Waals surface area contributed by atoms with Gasteiger partial charge in [-0.1, -0.05) is 56.1 Å². The molecular formula is C31H41NO8Si. The molecule has 9 nitrogen and oxygen atoms in total. The maximum Gasteiger partial charge on any atom is 0.277 e. The minimum atomic E-state index is -1.24. The molecule has 0 amide bonds. The van der Waals surface area contributed by atoms with Gasteiger partial charge in [0.2, 0.25) is 0 Å². The van der Waals surface area contributed by atoms with Crippen molar-refractivity contribution in [2.75, 3.05) is 40.3 Å². The molecule has 2 aromatic carbocycles. The Hall–Kier alpha value is -3.15. The zero-order valence-corrected chi connectivity index (χ0v) is 25.3. The van der Waals surface area contributed by atoms with Gasteiger partial charge < -0.3 is 24.1 Å². The second-order valence-electron chi connectivity index (χ2n) is 11.2. The maximum absolute atomic E-state index is 13.8. The summed E-state index contributed by atoms with van der Waals surface area (Å²) in [5.74, 6) is -0.474. The third-order valence-electron chi connectivity index (χ3n) is 7.07. The van der Waals surface area contributed by atoms with Crippen LogP contribution in [0.4, 0.5) is 5.69 Å². The fourth-order valence-corrected chi connectivity index (χ4v) is 5.42. The molecule has 1 aliphatic carbocycles. The minimum absolute atomic E-state index is 0.0503. The number of methoxy groups -OCH3 is 1. The molecule has 0 spiro atoms. The van der Waals surface area contributed by atoms with Gasteiger partial charge in [-0.2, -0.15) is 0 Å². The van der Waals surface area contributed by atoms with Gasteiger partial charge in [-0.3, -0.25) is 14.9 Å². The van der Waals surface area contributed by atoms with Crippen LogP contribution in [0.5, 0.6) is 5.75 Å². The highest BCUT2D eigenvalue weighted by molar-refractivity contribution is 6.76. The lowest BCUT2D eigenvalue weighted by Gasteiger charge is -2.31. The van der Waals surface area contributed by atoms with Crippen LogP contribution in [0.25, 0.3) is 5.57 Å². The van der Waals surface area contributed by atoms with Crippen molar-refractivity contribution in [1.82, 2.24) is 0 Å². The fourth-order valence-electron chi connectivity index (χ4n) is 4.67. The number of rotatable bonds is 16. The lowest BCUT2D eigenvalue weighted by molar-refractivity contribution is -0.385. The van der Waals surface area contributed by atoms with Crippen molar-refractivity contribution in [3.8, 4) is 5.75 Å². The third kappa shape index (κ3) is 9.72. The van der Waals surface area contributed by atoms with E-state index in [0.29, 0.717) is 30.8 Å². The Kier molecular flexibility index (Phi) is 12.4. The standard InChI is InChI=1S/C31H41NO8Si/c1-37-25-11-9-23(10-12-25)20-38-16-15-24(19-33)26-13-14-28(27-7-5-6-8-30(27)32(35)36)31(34)29(26)21-40-22-39-17-18-41(2,3)4/h5-12,14-15,26,29,33H,13,16-22H2,1-4H3/b24-15-/t26-,29-/m0/s1. The summed E-state index contributed by atoms with van der Waals surface area (Å²) >= 11 is 0. The number of ether oxygens (including phenoxy) is 4. The molecule has 2 aromatic rings. The summed E-state index contributed by atoms with van der Waals surface area (Å²) in [6, 6.07) is 14.8. The summed E-state index contributed by atoms with van der Waals surface area (Å²) in [5.41, 5.74) is 2.11. The second-order valence-corrected chi connectivity index (χ2v) is 16.8. The highest BCUT2D eigenvalue weighted by atomic mass is 28.3. The number of carbonyl (C=O) groups excluding carboxylic acids is 1. The lowest BCUT2D eigenvalue weighted by Crippen LogP contribution is -2.34. The average molecular weight is 584 g/mol. The van der Waals surface area contributed by atoms with Crippen LogP contribution in [0.3, 0.4) is 0 Å². The van der Waals surface area contributed by atoms with E-state index >= 15 is 0 Å². The van der Waals surface area contributed by atoms with Gasteiger partial charge in [0.1, 0.15) is 12.5 Å². The summed E-state index contributed by atoms with van der Waals surface area (Å²) in [6.07, 6.45) is 3.96. The molecule has 0 radical (unpaired) electrons. The number of Topliss-reactive ketones (excluding diaryl/α,β-unsaturated/α-hetero) is 1. The predicted octanol–water partition coefficient (Wildman–Crippen LogP) is 5.66. The van der Waals surface area contributed by atoms with Crippen molar-refractivity contribution in [2.24, 2.45) is 11.8 Å². The summed E-state index contributed by atoms with van der Waals surface area (Å²) in [6.45, 7) is 7.89. The Bertz CT molecular complexity index is 1220. The molecule has 0 heterocycles. The van der Waals surface area contributed by atoms with Crippen LogP contribution >= 0.6 is 0 Å². The number of hydrogen-bond donors (Lipinski definition) is 1. The van der Waals surface area contributed by atoms with Crippen molar-refractivity contribution in [2.45, 2.75) is 38.7 Å². The largest absolute Gasteiger partial charge is 0.497 e. The molecule has 3 rings (SSSR count). The van der Waals surface area contributed by atoms with E-state index in [2.05, 4.69) is 19.6 Å². The number of ketones is 1. The van der Waals surface area contributed by atoms with Crippen molar-refractivity contribution >= 4 is 25.1 Å². The molecule has 41 heavy (non-hydrogen) atoms. The van der Waals surface area contributed by atoms with Gasteiger partial charge >= 0.3 is 0 Å². The predicted molar refractivity (Wildman–Crippen MR) is 160 cm³/mol. The smallest absolute Gasteiger partial charge is 0.277 e. The molecule has 0 unspecified atom stereocenters. The van der Waals surface area contributed by atoms with Gasteiger partial charge in [0.05, 0.1) is 49.9 Å². The van der Waals surface area contributed by atoms with E-state index in [9.17, 15) is 20.0 Å². The monoisotopic (exact) mass is 583 g/mol. The van der Waals surface area contributed by atoms with Crippen LogP contribution in [0.1, 0.15) is 17.5 Å². The zero-order chi connectivity index (χ0) is 29.8. The molecule has 0 saturated carbocycles. The van der Waals surface area contributed by atoms with Gasteiger partial charge in [0.15, 0.2) is 5.78 Å². The zero-order valence-electron chi connectivity index (χ0n) is 24.3. The first-order chi connectivity index (χ1) is 19.6. The first kappa shape index (κ1) is 32.4. The van der Waals surface area contributed by atoms with Gasteiger partial charge in [-0.05, 0) is 47.7 Å². The van der Waals surface area contributed by atoms with Crippen LogP contribution in [0, 0.1) is 22.0 Å². The van der Waals surface area contributed by atoms with E-state index in [4.69, 9.17) is 18.9 Å². The summed E-state index contributed by atoms with van der Waals surface area (Å²) in [5, 5.41) is 21.9. The number of nitrogens with zero attached hydrogens (tertiary/aromatic N) is 1. The van der Waals surface area contributed by atoms with Crippen molar-refractivity contribution in [3.63, 3.8) is 0 Å². The van der Waals surface area contributed by atoms with Gasteiger partial charge in [-0.15, -0.1) is 0 Å². The molecule has 0 fully saturated rings. The molecule has 2 atom stereocenters. The van der Waals surface area contributed by atoms with Crippen LogP contribution in [-0.4, -0.2) is 64.2 Å². The number of benzene rings is 2. The Balaban J connectivity index is 1.74. The molecule has 0 aliphatic heterocycles. The Morgan fingerprint density at radius 1 is 1.10 bits per heavy atom. The highest BCUT2D eigenvalue weighted by Gasteiger charge is 2.37. The van der Waals surface area contributed by atoms with E-state index in [1.165, 1.54) is 6.07 Å². The minimum Gasteiger partial charge on any atom is -0.497 e. The molecule has 0 bridgehead atoms. The van der Waals surface area contributed by atoms with Gasteiger partial charge in [-0.25, -0.2) is 0 Å². The Morgan fingerprint density at radius 3 is 2.49 bits per heavy atom. The first-order valence-corrected chi connectivity index (χ1v) is 17.5. The van der Waals surface area contributed by atoms with Crippen molar-refractivity contribution < 1.29 is 33.8 Å². The first-order valence-electron chi connectivity index (χ1n) is 13.8. The average Bonchev–Trinajstić information content (AvgIpc) is 2.95. The van der Waals surface area contributed by atoms with E-state index in [1.54, 1.807) is 31.4 Å². The third-order valence-corrected chi connectivity index (χ3v) is 8.77. The maximum atomic E-state index is 13.8. The number of aliphatic hydroxyl groups excluding tert-OH is 1. The van der Waals surface area contributed by atoms with E-state index in [-0.39, 0.29) is 49.6 Å². The topological polar surface area (TPSA) is 117 Å². The molecular weight excluding hydrogens is 542 g/mol. The van der Waals surface area contributed by atoms with Gasteiger partial charge in [0, 0.05) is 26.3 Å². The number of nitro groups is 1. The molecule has 222 valence electrons. The highest BCUT2D eigenvalue weighted by Crippen LogP contribution is 2.38. The Morgan fingerprint density at radius 2 is 1.83 bits per heavy atom.